The van der Waals surface area contributed by atoms with E-state index in [0.29, 0.717) is 29.6 Å². The summed E-state index contributed by atoms with van der Waals surface area (Å²) in [5.41, 5.74) is 3.36. The number of aliphatic imine (C=N–C) groups is 1. The molecule has 0 aromatic heterocycles. The van der Waals surface area contributed by atoms with E-state index in [9.17, 15) is 4.79 Å². The molecule has 0 N–H and O–H groups in total. The Morgan fingerprint density at radius 1 is 0.844 bits per heavy atom. The van der Waals surface area contributed by atoms with Crippen LogP contribution in [0.25, 0.3) is 11.3 Å². The summed E-state index contributed by atoms with van der Waals surface area (Å²) < 4.78 is 17.3. The first-order valence-corrected chi connectivity index (χ1v) is 10.6. The molecule has 2 heterocycles. The van der Waals surface area contributed by atoms with Crippen LogP contribution in [0.4, 0.5) is 0 Å². The van der Waals surface area contributed by atoms with Crippen molar-refractivity contribution in [1.29, 1.82) is 0 Å². The highest BCUT2D eigenvalue weighted by Crippen LogP contribution is 2.40. The van der Waals surface area contributed by atoms with Crippen LogP contribution in [-0.4, -0.2) is 18.5 Å². The molecule has 5 heteroatoms. The molecule has 0 unspecified atom stereocenters. The fourth-order valence-electron chi connectivity index (χ4n) is 3.59. The maximum atomic E-state index is 12.8. The second-order valence-corrected chi connectivity index (χ2v) is 7.41. The summed E-state index contributed by atoms with van der Waals surface area (Å²) in [6.45, 7) is 2.74. The average molecular weight is 423 g/mol. The smallest absolute Gasteiger partial charge is 0.364 e. The van der Waals surface area contributed by atoms with Crippen LogP contribution in [0.2, 0.25) is 0 Å². The standard InChI is InChI=1S/C27H21NO4/c1-2-16-30-20-14-12-18(13-15-20)24-17-22(21-10-6-7-11-23(21)31-24)25-27(29)32-26(28-25)19-8-4-3-5-9-19/h3-15,17H,2,16H2,1H3. The first kappa shape index (κ1) is 19.8. The molecule has 0 saturated carbocycles. The number of para-hydroxylation sites is 1. The van der Waals surface area contributed by atoms with Gasteiger partial charge in [-0.15, -0.1) is 0 Å². The Bertz CT molecular complexity index is 1250. The van der Waals surface area contributed by atoms with Crippen LogP contribution in [0.3, 0.4) is 0 Å². The molecule has 32 heavy (non-hydrogen) atoms. The molecule has 158 valence electrons. The summed E-state index contributed by atoms with van der Waals surface area (Å²) in [4.78, 5) is 17.3. The molecule has 2 aliphatic heterocycles. The highest BCUT2D eigenvalue weighted by Gasteiger charge is 2.30. The minimum atomic E-state index is -0.477. The number of cyclic esters (lactones) is 1. The van der Waals surface area contributed by atoms with Crippen LogP contribution < -0.4 is 9.47 Å². The molecule has 0 atom stereocenters. The lowest BCUT2D eigenvalue weighted by molar-refractivity contribution is -0.129. The number of ether oxygens (including phenoxy) is 3. The van der Waals surface area contributed by atoms with Crippen LogP contribution in [0.1, 0.15) is 30.0 Å². The fourth-order valence-corrected chi connectivity index (χ4v) is 3.59. The molecule has 0 bridgehead atoms. The van der Waals surface area contributed by atoms with Gasteiger partial charge in [-0.3, -0.25) is 0 Å². The van der Waals surface area contributed by atoms with Gasteiger partial charge in [0.05, 0.1) is 6.61 Å². The molecular formula is C27H21NO4. The number of carbonyl (C=O) groups is 1. The molecule has 3 aromatic carbocycles. The van der Waals surface area contributed by atoms with Crippen molar-refractivity contribution in [2.45, 2.75) is 13.3 Å². The van der Waals surface area contributed by atoms with Gasteiger partial charge in [0.2, 0.25) is 5.90 Å². The minimum Gasteiger partial charge on any atom is -0.494 e. The number of benzene rings is 3. The zero-order valence-corrected chi connectivity index (χ0v) is 17.6. The van der Waals surface area contributed by atoms with Crippen molar-refractivity contribution in [1.82, 2.24) is 0 Å². The van der Waals surface area contributed by atoms with E-state index in [0.717, 1.165) is 28.9 Å². The Balaban J connectivity index is 1.58. The van der Waals surface area contributed by atoms with Gasteiger partial charge in [-0.05, 0) is 55.0 Å². The van der Waals surface area contributed by atoms with E-state index in [2.05, 4.69) is 11.9 Å². The van der Waals surface area contributed by atoms with E-state index in [1.54, 1.807) is 0 Å². The molecular weight excluding hydrogens is 402 g/mol. The van der Waals surface area contributed by atoms with Gasteiger partial charge in [-0.1, -0.05) is 43.3 Å². The third-order valence-electron chi connectivity index (χ3n) is 5.16. The van der Waals surface area contributed by atoms with Crippen molar-refractivity contribution in [3.05, 3.63) is 107 Å². The van der Waals surface area contributed by atoms with Crippen LogP contribution in [-0.2, 0) is 9.53 Å². The summed E-state index contributed by atoms with van der Waals surface area (Å²) >= 11 is 0. The van der Waals surface area contributed by atoms with Crippen LogP contribution in [0, 0.1) is 0 Å². The molecule has 0 aliphatic carbocycles. The van der Waals surface area contributed by atoms with Gasteiger partial charge in [0.1, 0.15) is 17.3 Å². The Kier molecular flexibility index (Phi) is 5.30. The van der Waals surface area contributed by atoms with Crippen molar-refractivity contribution in [3.8, 4) is 11.5 Å². The van der Waals surface area contributed by atoms with Crippen molar-refractivity contribution in [3.63, 3.8) is 0 Å². The van der Waals surface area contributed by atoms with Gasteiger partial charge in [0, 0.05) is 22.3 Å². The van der Waals surface area contributed by atoms with Gasteiger partial charge < -0.3 is 14.2 Å². The summed E-state index contributed by atoms with van der Waals surface area (Å²) in [5, 5.41) is 0. The van der Waals surface area contributed by atoms with Crippen LogP contribution in [0.15, 0.2) is 95.6 Å². The van der Waals surface area contributed by atoms with E-state index >= 15 is 0 Å². The number of fused-ring (bicyclic) bond motifs is 1. The molecule has 0 amide bonds. The monoisotopic (exact) mass is 423 g/mol. The largest absolute Gasteiger partial charge is 0.494 e. The third-order valence-corrected chi connectivity index (χ3v) is 5.16. The van der Waals surface area contributed by atoms with E-state index in [1.807, 2.05) is 84.9 Å². The Morgan fingerprint density at radius 2 is 1.59 bits per heavy atom. The maximum Gasteiger partial charge on any atom is 0.364 e. The van der Waals surface area contributed by atoms with Gasteiger partial charge in [-0.2, -0.15) is 0 Å². The van der Waals surface area contributed by atoms with Gasteiger partial charge in [-0.25, -0.2) is 9.79 Å². The lowest BCUT2D eigenvalue weighted by atomic mass is 9.97. The molecule has 5 rings (SSSR count). The van der Waals surface area contributed by atoms with Gasteiger partial charge in [0.15, 0.2) is 5.70 Å². The number of nitrogens with zero attached hydrogens (tertiary/aromatic N) is 1. The number of esters is 1. The van der Waals surface area contributed by atoms with Crippen molar-refractivity contribution in [2.75, 3.05) is 6.61 Å². The zero-order valence-electron chi connectivity index (χ0n) is 17.6. The summed E-state index contributed by atoms with van der Waals surface area (Å²) in [6.07, 6.45) is 2.80. The summed E-state index contributed by atoms with van der Waals surface area (Å²) in [5.74, 6) is 1.92. The van der Waals surface area contributed by atoms with Crippen molar-refractivity contribution < 1.29 is 19.0 Å². The van der Waals surface area contributed by atoms with Crippen LogP contribution in [0.5, 0.6) is 11.5 Å². The predicted octanol–water partition coefficient (Wildman–Crippen LogP) is 5.62. The molecule has 0 fully saturated rings. The van der Waals surface area contributed by atoms with E-state index < -0.39 is 5.97 Å². The lowest BCUT2D eigenvalue weighted by Gasteiger charge is -2.21. The quantitative estimate of drug-likeness (QED) is 0.395. The topological polar surface area (TPSA) is 57.1 Å². The Labute approximate surface area is 186 Å². The highest BCUT2D eigenvalue weighted by molar-refractivity contribution is 6.15. The highest BCUT2D eigenvalue weighted by atomic mass is 16.6. The first-order chi connectivity index (χ1) is 15.7. The van der Waals surface area contributed by atoms with Gasteiger partial charge in [0.25, 0.3) is 0 Å². The number of hydrogen-bond acceptors (Lipinski definition) is 5. The molecule has 5 nitrogen and oxygen atoms in total. The lowest BCUT2D eigenvalue weighted by Crippen LogP contribution is -2.08. The molecule has 0 radical (unpaired) electrons. The maximum absolute atomic E-state index is 12.8. The van der Waals surface area contributed by atoms with Crippen LogP contribution >= 0.6 is 0 Å². The number of carbonyl (C=O) groups excluding carboxylic acids is 1. The Morgan fingerprint density at radius 3 is 2.38 bits per heavy atom. The van der Waals surface area contributed by atoms with E-state index in [1.165, 1.54) is 0 Å². The normalized spacial score (nSPS) is 17.1. The third kappa shape index (κ3) is 3.81. The molecule has 0 saturated heterocycles. The molecule has 2 aliphatic rings. The van der Waals surface area contributed by atoms with E-state index in [-0.39, 0.29) is 5.70 Å². The number of hydrogen-bond donors (Lipinski definition) is 0. The summed E-state index contributed by atoms with van der Waals surface area (Å²) in [7, 11) is 0. The SMILES string of the molecule is CCCOc1ccc(C2=CC(=C3N=C(c4ccccc4)OC3=O)c3ccccc3O2)cc1. The Hall–Kier alpha value is -4.12. The van der Waals surface area contributed by atoms with E-state index in [4.69, 9.17) is 14.2 Å². The fraction of sp³-hybridized carbons (Fsp3) is 0.111. The number of rotatable bonds is 5. The van der Waals surface area contributed by atoms with Gasteiger partial charge >= 0.3 is 5.97 Å². The molecule has 0 spiro atoms. The van der Waals surface area contributed by atoms with Crippen molar-refractivity contribution in [2.24, 2.45) is 4.99 Å². The second kappa shape index (κ2) is 8.55. The summed E-state index contributed by atoms with van der Waals surface area (Å²) in [6, 6.07) is 24.7. The second-order valence-electron chi connectivity index (χ2n) is 7.41. The average Bonchev–Trinajstić information content (AvgIpc) is 3.24. The molecule has 3 aromatic rings. The predicted molar refractivity (Wildman–Crippen MR) is 123 cm³/mol. The first-order valence-electron chi connectivity index (χ1n) is 10.6. The zero-order chi connectivity index (χ0) is 21.9. The minimum absolute atomic E-state index is 0.264. The number of allylic oxidation sites excluding steroid dienone is 2. The van der Waals surface area contributed by atoms with Crippen molar-refractivity contribution >= 4 is 23.2 Å².